The Morgan fingerprint density at radius 1 is 1.05 bits per heavy atom. The van der Waals surface area contributed by atoms with Crippen LogP contribution in [0.4, 0.5) is 5.69 Å². The predicted octanol–water partition coefficient (Wildman–Crippen LogP) is -0.102. The average molecular weight is 321 g/mol. The van der Waals surface area contributed by atoms with Gasteiger partial charge in [0.25, 0.3) is 0 Å². The number of nitrogens with zero attached hydrogens (tertiary/aromatic N) is 1. The van der Waals surface area contributed by atoms with Crippen molar-refractivity contribution in [2.45, 2.75) is 4.90 Å². The first-order valence-electron chi connectivity index (χ1n) is 5.87. The maximum atomic E-state index is 11.9. The van der Waals surface area contributed by atoms with Gasteiger partial charge in [0.15, 0.2) is 0 Å². The molecule has 1 rings (SSSR count). The molecule has 0 aliphatic rings. The van der Waals surface area contributed by atoms with E-state index in [1.807, 2.05) is 0 Å². The molecule has 114 valence electrons. The fourth-order valence-electron chi connectivity index (χ4n) is 1.37. The van der Waals surface area contributed by atoms with E-state index in [9.17, 15) is 16.8 Å². The Bertz CT molecular complexity index is 637. The zero-order valence-electron chi connectivity index (χ0n) is 11.6. The quantitative estimate of drug-likeness (QED) is 0.731. The van der Waals surface area contributed by atoms with Gasteiger partial charge in [0.05, 0.1) is 10.6 Å². The van der Waals surface area contributed by atoms with Gasteiger partial charge in [-0.3, -0.25) is 0 Å². The molecule has 0 saturated carbocycles. The lowest BCUT2D eigenvalue weighted by Crippen LogP contribution is -2.33. The van der Waals surface area contributed by atoms with E-state index in [1.165, 1.54) is 26.2 Å². The largest absolute Gasteiger partial charge is 0.388 e. The molecule has 0 aliphatic carbocycles. The van der Waals surface area contributed by atoms with E-state index in [0.29, 0.717) is 0 Å². The normalized spacial score (nSPS) is 12.6. The van der Waals surface area contributed by atoms with Gasteiger partial charge in [0.1, 0.15) is 0 Å². The minimum Gasteiger partial charge on any atom is -0.388 e. The summed E-state index contributed by atoms with van der Waals surface area (Å²) in [7, 11) is -2.58. The van der Waals surface area contributed by atoms with Gasteiger partial charge in [-0.05, 0) is 24.3 Å². The van der Waals surface area contributed by atoms with Crippen molar-refractivity contribution in [1.29, 1.82) is 0 Å². The zero-order valence-corrected chi connectivity index (χ0v) is 13.3. The molecule has 0 radical (unpaired) electrons. The Morgan fingerprint density at radius 3 is 2.05 bits per heavy atom. The van der Waals surface area contributed by atoms with E-state index in [-0.39, 0.29) is 17.2 Å². The second kappa shape index (κ2) is 6.53. The molecule has 0 unspecified atom stereocenters. The van der Waals surface area contributed by atoms with Crippen LogP contribution in [-0.4, -0.2) is 54.6 Å². The predicted molar refractivity (Wildman–Crippen MR) is 78.7 cm³/mol. The number of nitrogens with one attached hydrogen (secondary N) is 2. The third kappa shape index (κ3) is 4.44. The summed E-state index contributed by atoms with van der Waals surface area (Å²) in [6, 6.07) is 6.17. The van der Waals surface area contributed by atoms with Crippen molar-refractivity contribution in [2.24, 2.45) is 0 Å². The molecule has 1 aromatic carbocycles. The van der Waals surface area contributed by atoms with Gasteiger partial charge < -0.3 is 5.32 Å². The van der Waals surface area contributed by atoms with E-state index < -0.39 is 20.0 Å². The van der Waals surface area contributed by atoms with Crippen LogP contribution in [0.1, 0.15) is 0 Å². The van der Waals surface area contributed by atoms with E-state index in [0.717, 1.165) is 9.99 Å². The fraction of sp³-hybridized carbons (Fsp3) is 0.455. The van der Waals surface area contributed by atoms with Gasteiger partial charge in [-0.1, -0.05) is 0 Å². The molecule has 0 aliphatic heterocycles. The fourth-order valence-corrected chi connectivity index (χ4v) is 3.26. The van der Waals surface area contributed by atoms with Crippen LogP contribution in [0.5, 0.6) is 0 Å². The molecule has 7 nitrogen and oxygen atoms in total. The number of anilines is 1. The minimum atomic E-state index is -3.69. The molecule has 0 amide bonds. The summed E-state index contributed by atoms with van der Waals surface area (Å²) in [5.74, 6) is -0.284. The van der Waals surface area contributed by atoms with Crippen LogP contribution in [0.25, 0.3) is 0 Å². The van der Waals surface area contributed by atoms with Crippen LogP contribution in [0.15, 0.2) is 29.2 Å². The molecular formula is C11H19N3O4S2. The summed E-state index contributed by atoms with van der Waals surface area (Å²) in [5.41, 5.74) is 0.791. The van der Waals surface area contributed by atoms with Crippen LogP contribution < -0.4 is 10.0 Å². The maximum Gasteiger partial charge on any atom is 0.240 e. The summed E-state index contributed by atoms with van der Waals surface area (Å²) in [6.07, 6.45) is 0. The summed E-state index contributed by atoms with van der Waals surface area (Å²) < 4.78 is 50.3. The average Bonchev–Trinajstić information content (AvgIpc) is 2.38. The standard InChI is InChI=1S/C11H19N3O4S2/c1-12-10-4-6-11(7-5-10)20(17,18)13-8-9-19(15,16)14(2)3/h4-7,12-13H,8-9H2,1-3H3. The minimum absolute atomic E-state index is 0.0961. The highest BCUT2D eigenvalue weighted by molar-refractivity contribution is 7.90. The van der Waals surface area contributed by atoms with Crippen molar-refractivity contribution in [1.82, 2.24) is 9.03 Å². The third-order valence-electron chi connectivity index (χ3n) is 2.66. The van der Waals surface area contributed by atoms with Gasteiger partial charge in [0, 0.05) is 33.4 Å². The third-order valence-corrected chi connectivity index (χ3v) is 5.97. The Labute approximate surface area is 120 Å². The Morgan fingerprint density at radius 2 is 1.60 bits per heavy atom. The first-order valence-corrected chi connectivity index (χ1v) is 8.96. The molecule has 0 bridgehead atoms. The van der Waals surface area contributed by atoms with Crippen LogP contribution >= 0.6 is 0 Å². The highest BCUT2D eigenvalue weighted by atomic mass is 32.2. The van der Waals surface area contributed by atoms with Crippen molar-refractivity contribution in [2.75, 3.05) is 38.8 Å². The molecule has 0 fully saturated rings. The van der Waals surface area contributed by atoms with Crippen molar-refractivity contribution in [3.8, 4) is 0 Å². The van der Waals surface area contributed by atoms with E-state index in [2.05, 4.69) is 10.0 Å². The summed E-state index contributed by atoms with van der Waals surface area (Å²) in [6.45, 7) is -0.170. The van der Waals surface area contributed by atoms with Gasteiger partial charge in [-0.15, -0.1) is 0 Å². The maximum absolute atomic E-state index is 11.9. The summed E-state index contributed by atoms with van der Waals surface area (Å²) in [4.78, 5) is 0.0961. The molecule has 0 spiro atoms. The number of rotatable bonds is 7. The SMILES string of the molecule is CNc1ccc(S(=O)(=O)NCCS(=O)(=O)N(C)C)cc1. The second-order valence-electron chi connectivity index (χ2n) is 4.27. The number of benzene rings is 1. The van der Waals surface area contributed by atoms with Crippen molar-refractivity contribution in [3.63, 3.8) is 0 Å². The lowest BCUT2D eigenvalue weighted by molar-refractivity contribution is 0.519. The Kier molecular flexibility index (Phi) is 5.51. The van der Waals surface area contributed by atoms with Gasteiger partial charge in [-0.2, -0.15) is 0 Å². The number of sulfonamides is 2. The smallest absolute Gasteiger partial charge is 0.240 e. The molecule has 0 heterocycles. The summed E-state index contributed by atoms with van der Waals surface area (Å²) in [5, 5.41) is 2.88. The van der Waals surface area contributed by atoms with E-state index in [4.69, 9.17) is 0 Å². The molecule has 0 aromatic heterocycles. The van der Waals surface area contributed by atoms with Gasteiger partial charge in [0.2, 0.25) is 20.0 Å². The van der Waals surface area contributed by atoms with Gasteiger partial charge >= 0.3 is 0 Å². The number of hydrogen-bond acceptors (Lipinski definition) is 5. The topological polar surface area (TPSA) is 95.6 Å². The van der Waals surface area contributed by atoms with Crippen molar-refractivity contribution in [3.05, 3.63) is 24.3 Å². The molecule has 9 heteroatoms. The molecule has 0 saturated heterocycles. The molecule has 0 atom stereocenters. The first-order chi connectivity index (χ1) is 9.19. The number of hydrogen-bond donors (Lipinski definition) is 2. The van der Waals surface area contributed by atoms with Crippen LogP contribution in [0.2, 0.25) is 0 Å². The second-order valence-corrected chi connectivity index (χ2v) is 8.34. The lowest BCUT2D eigenvalue weighted by Gasteiger charge is -2.12. The summed E-state index contributed by atoms with van der Waals surface area (Å²) >= 11 is 0. The van der Waals surface area contributed by atoms with Crippen LogP contribution in [0, 0.1) is 0 Å². The monoisotopic (exact) mass is 321 g/mol. The first kappa shape index (κ1) is 16.9. The zero-order chi connectivity index (χ0) is 15.4. The Balaban J connectivity index is 2.71. The van der Waals surface area contributed by atoms with Crippen molar-refractivity contribution >= 4 is 25.7 Å². The molecule has 1 aromatic rings. The van der Waals surface area contributed by atoms with Crippen LogP contribution in [-0.2, 0) is 20.0 Å². The van der Waals surface area contributed by atoms with Gasteiger partial charge in [-0.25, -0.2) is 25.9 Å². The molecule has 2 N–H and O–H groups in total. The molecular weight excluding hydrogens is 302 g/mol. The lowest BCUT2D eigenvalue weighted by atomic mass is 10.3. The van der Waals surface area contributed by atoms with E-state index >= 15 is 0 Å². The van der Waals surface area contributed by atoms with E-state index in [1.54, 1.807) is 19.2 Å². The Hall–Kier alpha value is -1.16. The highest BCUT2D eigenvalue weighted by Gasteiger charge is 2.17. The van der Waals surface area contributed by atoms with Crippen molar-refractivity contribution < 1.29 is 16.8 Å². The highest BCUT2D eigenvalue weighted by Crippen LogP contribution is 2.13. The van der Waals surface area contributed by atoms with Crippen LogP contribution in [0.3, 0.4) is 0 Å². The molecule has 20 heavy (non-hydrogen) atoms.